The minimum atomic E-state index is -0.806. The van der Waals surface area contributed by atoms with Gasteiger partial charge in [0.1, 0.15) is 5.82 Å². The summed E-state index contributed by atoms with van der Waals surface area (Å²) in [6.07, 6.45) is -0.806. The first-order valence-electron chi connectivity index (χ1n) is 6.82. The van der Waals surface area contributed by atoms with Crippen LogP contribution < -0.4 is 5.32 Å². The van der Waals surface area contributed by atoms with Gasteiger partial charge >= 0.3 is 6.09 Å². The van der Waals surface area contributed by atoms with Gasteiger partial charge in [0.25, 0.3) is 0 Å². The molecule has 0 radical (unpaired) electrons. The van der Waals surface area contributed by atoms with Crippen LogP contribution in [0.2, 0.25) is 0 Å². The standard InChI is InChI=1S/C15H15N3O2/c19-15(20)18-7-10-11(8-18)14(10)17-13-6-5-9-3-1-2-4-12(9)16-13/h1-6,10-11,14H,7-8H2,(H,16,17)(H,19,20). The number of fused-ring (bicyclic) bond motifs is 2. The van der Waals surface area contributed by atoms with Crippen molar-refractivity contribution in [3.63, 3.8) is 0 Å². The summed E-state index contributed by atoms with van der Waals surface area (Å²) in [5.41, 5.74) is 0.982. The molecule has 2 heterocycles. The fourth-order valence-electron chi connectivity index (χ4n) is 3.21. The summed E-state index contributed by atoms with van der Waals surface area (Å²) >= 11 is 0. The Morgan fingerprint density at radius 2 is 1.95 bits per heavy atom. The van der Waals surface area contributed by atoms with Gasteiger partial charge in [-0.25, -0.2) is 9.78 Å². The van der Waals surface area contributed by atoms with Crippen LogP contribution in [0.5, 0.6) is 0 Å². The van der Waals surface area contributed by atoms with Crippen LogP contribution in [-0.4, -0.2) is 40.2 Å². The van der Waals surface area contributed by atoms with Crippen LogP contribution in [0, 0.1) is 11.8 Å². The second kappa shape index (κ2) is 4.10. The molecule has 20 heavy (non-hydrogen) atoms. The molecule has 0 bridgehead atoms. The molecule has 1 aromatic heterocycles. The van der Waals surface area contributed by atoms with Gasteiger partial charge in [0, 0.05) is 36.4 Å². The third kappa shape index (κ3) is 1.78. The topological polar surface area (TPSA) is 65.5 Å². The summed E-state index contributed by atoms with van der Waals surface area (Å²) in [5.74, 6) is 1.77. The van der Waals surface area contributed by atoms with Crippen molar-refractivity contribution < 1.29 is 9.90 Å². The first-order chi connectivity index (χ1) is 9.72. The first-order valence-corrected chi connectivity index (χ1v) is 6.82. The highest BCUT2D eigenvalue weighted by Gasteiger charge is 2.57. The average Bonchev–Trinajstić information content (AvgIpc) is 2.90. The summed E-state index contributed by atoms with van der Waals surface area (Å²) in [7, 11) is 0. The lowest BCUT2D eigenvalue weighted by atomic mass is 10.2. The van der Waals surface area contributed by atoms with Crippen molar-refractivity contribution in [3.05, 3.63) is 36.4 Å². The number of carboxylic acid groups (broad SMARTS) is 1. The van der Waals surface area contributed by atoms with E-state index >= 15 is 0 Å². The van der Waals surface area contributed by atoms with Gasteiger partial charge < -0.3 is 15.3 Å². The van der Waals surface area contributed by atoms with Crippen molar-refractivity contribution in [2.24, 2.45) is 11.8 Å². The van der Waals surface area contributed by atoms with Gasteiger partial charge in [-0.3, -0.25) is 0 Å². The van der Waals surface area contributed by atoms with Crippen molar-refractivity contribution in [2.75, 3.05) is 18.4 Å². The number of nitrogens with one attached hydrogen (secondary N) is 1. The normalized spacial score (nSPS) is 27.4. The zero-order chi connectivity index (χ0) is 13.7. The van der Waals surface area contributed by atoms with E-state index in [1.54, 1.807) is 0 Å². The number of nitrogens with zero attached hydrogens (tertiary/aromatic N) is 2. The number of rotatable bonds is 2. The fraction of sp³-hybridized carbons (Fsp3) is 0.333. The van der Waals surface area contributed by atoms with E-state index in [1.807, 2.05) is 30.3 Å². The summed E-state index contributed by atoms with van der Waals surface area (Å²) in [6.45, 7) is 1.29. The highest BCUT2D eigenvalue weighted by molar-refractivity contribution is 5.80. The fourth-order valence-corrected chi connectivity index (χ4v) is 3.21. The molecule has 1 aliphatic carbocycles. The summed E-state index contributed by atoms with van der Waals surface area (Å²) in [5, 5.41) is 13.5. The molecule has 2 fully saturated rings. The lowest BCUT2D eigenvalue weighted by molar-refractivity contribution is 0.150. The second-order valence-electron chi connectivity index (χ2n) is 5.57. The number of aromatic nitrogens is 1. The molecular formula is C15H15N3O2. The number of carbonyl (C=O) groups is 1. The van der Waals surface area contributed by atoms with Gasteiger partial charge in [0.15, 0.2) is 0 Å². The maximum absolute atomic E-state index is 10.9. The quantitative estimate of drug-likeness (QED) is 0.877. The highest BCUT2D eigenvalue weighted by atomic mass is 16.4. The Morgan fingerprint density at radius 1 is 1.20 bits per heavy atom. The van der Waals surface area contributed by atoms with E-state index in [9.17, 15) is 4.79 Å². The van der Waals surface area contributed by atoms with Crippen LogP contribution in [0.25, 0.3) is 10.9 Å². The molecule has 1 aromatic carbocycles. The number of likely N-dealkylation sites (tertiary alicyclic amines) is 1. The van der Waals surface area contributed by atoms with Gasteiger partial charge in [-0.05, 0) is 18.2 Å². The largest absolute Gasteiger partial charge is 0.465 e. The van der Waals surface area contributed by atoms with Gasteiger partial charge in [0.2, 0.25) is 0 Å². The van der Waals surface area contributed by atoms with E-state index in [0.29, 0.717) is 31.0 Å². The monoisotopic (exact) mass is 269 g/mol. The predicted octanol–water partition coefficient (Wildman–Crippen LogP) is 2.25. The molecular weight excluding hydrogens is 254 g/mol. The number of piperidine rings is 1. The molecule has 5 nitrogen and oxygen atoms in total. The minimum Gasteiger partial charge on any atom is -0.465 e. The van der Waals surface area contributed by atoms with Crippen molar-refractivity contribution in [3.8, 4) is 0 Å². The van der Waals surface area contributed by atoms with Crippen LogP contribution in [-0.2, 0) is 0 Å². The second-order valence-corrected chi connectivity index (χ2v) is 5.57. The molecule has 2 unspecified atom stereocenters. The Kier molecular flexibility index (Phi) is 2.36. The molecule has 2 aliphatic rings. The Hall–Kier alpha value is -2.30. The van der Waals surface area contributed by atoms with Crippen LogP contribution in [0.3, 0.4) is 0 Å². The van der Waals surface area contributed by atoms with Gasteiger partial charge in [-0.2, -0.15) is 0 Å². The number of benzene rings is 1. The Bertz CT molecular complexity index is 676. The first kappa shape index (κ1) is 11.5. The number of anilines is 1. The van der Waals surface area contributed by atoms with E-state index in [1.165, 1.54) is 4.90 Å². The zero-order valence-electron chi connectivity index (χ0n) is 10.9. The Labute approximate surface area is 116 Å². The predicted molar refractivity (Wildman–Crippen MR) is 75.7 cm³/mol. The van der Waals surface area contributed by atoms with Crippen molar-refractivity contribution in [1.29, 1.82) is 0 Å². The molecule has 1 saturated heterocycles. The molecule has 5 heteroatoms. The van der Waals surface area contributed by atoms with E-state index in [4.69, 9.17) is 5.11 Å². The SMILES string of the molecule is O=C(O)N1CC2C(C1)C2Nc1ccc2ccccc2n1. The molecule has 1 amide bonds. The maximum atomic E-state index is 10.9. The summed E-state index contributed by atoms with van der Waals surface area (Å²) in [4.78, 5) is 17.0. The number of para-hydroxylation sites is 1. The minimum absolute atomic E-state index is 0.374. The molecule has 2 atom stereocenters. The lowest BCUT2D eigenvalue weighted by Crippen LogP contribution is -2.32. The van der Waals surface area contributed by atoms with Crippen molar-refractivity contribution in [1.82, 2.24) is 9.88 Å². The molecule has 2 aromatic rings. The van der Waals surface area contributed by atoms with Crippen molar-refractivity contribution in [2.45, 2.75) is 6.04 Å². The number of amides is 1. The number of pyridine rings is 1. The molecule has 102 valence electrons. The van der Waals surface area contributed by atoms with Crippen LogP contribution in [0.1, 0.15) is 0 Å². The maximum Gasteiger partial charge on any atom is 0.407 e. The van der Waals surface area contributed by atoms with E-state index in [-0.39, 0.29) is 0 Å². The molecule has 2 N–H and O–H groups in total. The van der Waals surface area contributed by atoms with Gasteiger partial charge in [-0.1, -0.05) is 18.2 Å². The van der Waals surface area contributed by atoms with Crippen LogP contribution in [0.4, 0.5) is 10.6 Å². The Morgan fingerprint density at radius 3 is 2.70 bits per heavy atom. The number of hydrogen-bond acceptors (Lipinski definition) is 3. The van der Waals surface area contributed by atoms with Gasteiger partial charge in [0.05, 0.1) is 5.52 Å². The molecule has 1 saturated carbocycles. The van der Waals surface area contributed by atoms with E-state index in [2.05, 4.69) is 16.4 Å². The summed E-state index contributed by atoms with van der Waals surface area (Å²) < 4.78 is 0. The highest BCUT2D eigenvalue weighted by Crippen LogP contribution is 2.47. The third-order valence-corrected chi connectivity index (χ3v) is 4.38. The van der Waals surface area contributed by atoms with Gasteiger partial charge in [-0.15, -0.1) is 0 Å². The third-order valence-electron chi connectivity index (χ3n) is 4.38. The molecule has 1 aliphatic heterocycles. The molecule has 4 rings (SSSR count). The number of hydrogen-bond donors (Lipinski definition) is 2. The van der Waals surface area contributed by atoms with E-state index < -0.39 is 6.09 Å². The zero-order valence-corrected chi connectivity index (χ0v) is 10.9. The average molecular weight is 269 g/mol. The van der Waals surface area contributed by atoms with Crippen molar-refractivity contribution >= 4 is 22.8 Å². The summed E-state index contributed by atoms with van der Waals surface area (Å²) in [6, 6.07) is 12.5. The van der Waals surface area contributed by atoms with Crippen LogP contribution in [0.15, 0.2) is 36.4 Å². The Balaban J connectivity index is 1.47. The van der Waals surface area contributed by atoms with E-state index in [0.717, 1.165) is 16.7 Å². The van der Waals surface area contributed by atoms with Crippen LogP contribution >= 0.6 is 0 Å². The molecule has 0 spiro atoms. The lowest BCUT2D eigenvalue weighted by Gasteiger charge is -2.16. The smallest absolute Gasteiger partial charge is 0.407 e.